The monoisotopic (exact) mass is 505 g/mol. The van der Waals surface area contributed by atoms with Gasteiger partial charge in [-0.25, -0.2) is 13.6 Å². The van der Waals surface area contributed by atoms with E-state index in [1.165, 1.54) is 0 Å². The maximum Gasteiger partial charge on any atom is 0.337 e. The lowest BCUT2D eigenvalue weighted by Crippen LogP contribution is -2.28. The van der Waals surface area contributed by atoms with Gasteiger partial charge < -0.3 is 14.6 Å². The van der Waals surface area contributed by atoms with Crippen LogP contribution in [0.5, 0.6) is 5.75 Å². The molecule has 0 aliphatic carbocycles. The average Bonchev–Trinajstić information content (AvgIpc) is 2.82. The smallest absolute Gasteiger partial charge is 0.337 e. The van der Waals surface area contributed by atoms with Crippen LogP contribution in [0.3, 0.4) is 0 Å². The number of hydrogen-bond donors (Lipinski definition) is 1. The standard InChI is InChI=1S/C30H29F2NO4/c1-15-6-7-18-20(22(15)28(31)32)14-16(2)23(27(29(34)35)37-30(3,4)5)25(18)19-8-9-21-24-17(11-13-36-21)10-12-33-26(19)24/h6-10,12,14,27-28H,11,13H2,1-5H3,(H,34,35). The van der Waals surface area contributed by atoms with Crippen molar-refractivity contribution < 1.29 is 28.2 Å². The number of aryl methyl sites for hydroxylation is 2. The van der Waals surface area contributed by atoms with Crippen molar-refractivity contribution in [2.75, 3.05) is 6.61 Å². The highest BCUT2D eigenvalue weighted by molar-refractivity contribution is 6.09. The van der Waals surface area contributed by atoms with Crippen LogP contribution in [0.1, 0.15) is 61.1 Å². The van der Waals surface area contributed by atoms with Crippen molar-refractivity contribution >= 4 is 27.6 Å². The fourth-order valence-electron chi connectivity index (χ4n) is 5.36. The third-order valence-corrected chi connectivity index (χ3v) is 6.84. The number of ether oxygens (including phenoxy) is 2. The highest BCUT2D eigenvalue weighted by atomic mass is 19.3. The van der Waals surface area contributed by atoms with Gasteiger partial charge in [-0.15, -0.1) is 0 Å². The number of carboxylic acid groups (broad SMARTS) is 1. The fourth-order valence-corrected chi connectivity index (χ4v) is 5.36. The number of pyridine rings is 1. The SMILES string of the molecule is Cc1cc2c(C(F)F)c(C)ccc2c(-c2ccc3c4c(ccnc24)CCO3)c1C(OC(C)(C)C)C(=O)O. The number of fused-ring (bicyclic) bond motifs is 1. The molecule has 1 unspecified atom stereocenters. The van der Waals surface area contributed by atoms with Gasteiger partial charge in [0, 0.05) is 34.7 Å². The Kier molecular flexibility index (Phi) is 6.15. The first-order chi connectivity index (χ1) is 17.5. The Morgan fingerprint density at radius 1 is 1.05 bits per heavy atom. The summed E-state index contributed by atoms with van der Waals surface area (Å²) in [5.74, 6) is -0.449. The van der Waals surface area contributed by atoms with E-state index in [1.807, 2.05) is 18.2 Å². The molecular weight excluding hydrogens is 476 g/mol. The molecule has 0 bridgehead atoms. The van der Waals surface area contributed by atoms with Crippen LogP contribution in [-0.4, -0.2) is 28.3 Å². The number of carboxylic acids is 1. The third kappa shape index (κ3) is 4.31. The molecule has 3 aromatic carbocycles. The molecule has 1 atom stereocenters. The lowest BCUT2D eigenvalue weighted by Gasteiger charge is -2.29. The molecule has 192 valence electrons. The van der Waals surface area contributed by atoms with E-state index in [-0.39, 0.29) is 5.56 Å². The van der Waals surface area contributed by atoms with Crippen molar-refractivity contribution in [3.63, 3.8) is 0 Å². The van der Waals surface area contributed by atoms with Gasteiger partial charge in [0.2, 0.25) is 0 Å². The second-order valence-corrected chi connectivity index (χ2v) is 10.5. The molecule has 0 amide bonds. The minimum absolute atomic E-state index is 0.0592. The van der Waals surface area contributed by atoms with E-state index in [4.69, 9.17) is 9.47 Å². The highest BCUT2D eigenvalue weighted by Gasteiger charge is 2.33. The van der Waals surface area contributed by atoms with Gasteiger partial charge >= 0.3 is 5.97 Å². The number of hydrogen-bond acceptors (Lipinski definition) is 4. The molecule has 0 saturated heterocycles. The van der Waals surface area contributed by atoms with Crippen LogP contribution in [0.2, 0.25) is 0 Å². The number of carbonyl (C=O) groups is 1. The largest absolute Gasteiger partial charge is 0.493 e. The summed E-state index contributed by atoms with van der Waals surface area (Å²) in [5, 5.41) is 12.1. The van der Waals surface area contributed by atoms with Gasteiger partial charge in [0.1, 0.15) is 5.75 Å². The quantitative estimate of drug-likeness (QED) is 0.304. The van der Waals surface area contributed by atoms with Crippen molar-refractivity contribution in [3.8, 4) is 16.9 Å². The van der Waals surface area contributed by atoms with Gasteiger partial charge in [-0.1, -0.05) is 18.2 Å². The van der Waals surface area contributed by atoms with Crippen LogP contribution in [-0.2, 0) is 16.0 Å². The predicted molar refractivity (Wildman–Crippen MR) is 140 cm³/mol. The summed E-state index contributed by atoms with van der Waals surface area (Å²) < 4.78 is 40.6. The average molecular weight is 506 g/mol. The number of rotatable bonds is 5. The first-order valence-corrected chi connectivity index (χ1v) is 12.3. The molecule has 2 heterocycles. The Bertz CT molecular complexity index is 1550. The van der Waals surface area contributed by atoms with Crippen molar-refractivity contribution in [3.05, 3.63) is 70.4 Å². The molecular formula is C30H29F2NO4. The lowest BCUT2D eigenvalue weighted by molar-refractivity contribution is -0.160. The van der Waals surface area contributed by atoms with Gasteiger partial charge in [-0.2, -0.15) is 0 Å². The number of benzene rings is 3. The minimum Gasteiger partial charge on any atom is -0.493 e. The summed E-state index contributed by atoms with van der Waals surface area (Å²) in [5.41, 5.74) is 3.55. The molecule has 37 heavy (non-hydrogen) atoms. The van der Waals surface area contributed by atoms with E-state index in [0.29, 0.717) is 56.5 Å². The zero-order chi connectivity index (χ0) is 26.6. The zero-order valence-corrected chi connectivity index (χ0v) is 21.5. The molecule has 7 heteroatoms. The van der Waals surface area contributed by atoms with Crippen LogP contribution in [0, 0.1) is 13.8 Å². The Morgan fingerprint density at radius 2 is 1.81 bits per heavy atom. The Labute approximate surface area is 214 Å². The summed E-state index contributed by atoms with van der Waals surface area (Å²) in [6, 6.07) is 10.8. The lowest BCUT2D eigenvalue weighted by atomic mass is 9.84. The Hall–Kier alpha value is -3.58. The van der Waals surface area contributed by atoms with Gasteiger partial charge in [0.05, 0.1) is 17.7 Å². The van der Waals surface area contributed by atoms with E-state index in [1.54, 1.807) is 59.0 Å². The van der Waals surface area contributed by atoms with Crippen LogP contribution in [0.15, 0.2) is 42.6 Å². The van der Waals surface area contributed by atoms with Crippen molar-refractivity contribution in [1.29, 1.82) is 0 Å². The van der Waals surface area contributed by atoms with Crippen molar-refractivity contribution in [1.82, 2.24) is 4.98 Å². The maximum atomic E-state index is 14.3. The van der Waals surface area contributed by atoms with Gasteiger partial charge in [-0.3, -0.25) is 4.98 Å². The minimum atomic E-state index is -2.69. The van der Waals surface area contributed by atoms with E-state index in [9.17, 15) is 18.7 Å². The number of nitrogens with zero attached hydrogens (tertiary/aromatic N) is 1. The fraction of sp³-hybridized carbons (Fsp3) is 0.333. The second-order valence-electron chi connectivity index (χ2n) is 10.5. The summed E-state index contributed by atoms with van der Waals surface area (Å²) >= 11 is 0. The van der Waals surface area contributed by atoms with E-state index in [0.717, 1.165) is 17.4 Å². The molecule has 0 radical (unpaired) electrons. The first-order valence-electron chi connectivity index (χ1n) is 12.3. The van der Waals surface area contributed by atoms with Gasteiger partial charge in [0.25, 0.3) is 6.43 Å². The molecule has 1 aliphatic heterocycles. The summed E-state index contributed by atoms with van der Waals surface area (Å²) in [6.45, 7) is 9.34. The molecule has 4 aromatic rings. The Morgan fingerprint density at radius 3 is 2.49 bits per heavy atom. The van der Waals surface area contributed by atoms with Crippen LogP contribution < -0.4 is 4.74 Å². The second kappa shape index (κ2) is 9.06. The number of alkyl halides is 2. The van der Waals surface area contributed by atoms with E-state index >= 15 is 0 Å². The van der Waals surface area contributed by atoms with Crippen molar-refractivity contribution in [2.24, 2.45) is 0 Å². The maximum absolute atomic E-state index is 14.3. The molecule has 1 N–H and O–H groups in total. The molecule has 0 saturated carbocycles. The van der Waals surface area contributed by atoms with Crippen LogP contribution in [0.25, 0.3) is 32.8 Å². The summed E-state index contributed by atoms with van der Waals surface area (Å²) in [6.07, 6.45) is -1.57. The van der Waals surface area contributed by atoms with Crippen molar-refractivity contribution in [2.45, 2.75) is 59.2 Å². The predicted octanol–water partition coefficient (Wildman–Crippen LogP) is 7.49. The molecule has 5 nitrogen and oxygen atoms in total. The number of aliphatic carboxylic acids is 1. The topological polar surface area (TPSA) is 68.7 Å². The summed E-state index contributed by atoms with van der Waals surface area (Å²) in [4.78, 5) is 17.3. The van der Waals surface area contributed by atoms with Crippen LogP contribution >= 0.6 is 0 Å². The van der Waals surface area contributed by atoms with E-state index in [2.05, 4.69) is 4.98 Å². The normalized spacial score (nSPS) is 14.3. The molecule has 1 aromatic heterocycles. The van der Waals surface area contributed by atoms with E-state index < -0.39 is 24.1 Å². The number of halogens is 2. The molecule has 0 fully saturated rings. The van der Waals surface area contributed by atoms with Gasteiger partial charge in [-0.05, 0) is 85.8 Å². The highest BCUT2D eigenvalue weighted by Crippen LogP contribution is 2.46. The summed E-state index contributed by atoms with van der Waals surface area (Å²) in [7, 11) is 0. The first kappa shape index (κ1) is 25.1. The van der Waals surface area contributed by atoms with Crippen LogP contribution in [0.4, 0.5) is 8.78 Å². The Balaban J connectivity index is 1.96. The van der Waals surface area contributed by atoms with Gasteiger partial charge in [0.15, 0.2) is 6.10 Å². The zero-order valence-electron chi connectivity index (χ0n) is 21.5. The molecule has 5 rings (SSSR count). The molecule has 0 spiro atoms. The number of aromatic nitrogens is 1. The third-order valence-electron chi connectivity index (χ3n) is 6.84. The molecule has 1 aliphatic rings.